The van der Waals surface area contributed by atoms with Crippen molar-refractivity contribution < 1.29 is 9.47 Å². The Labute approximate surface area is 129 Å². The minimum atomic E-state index is 0.0865. The van der Waals surface area contributed by atoms with Gasteiger partial charge in [0.05, 0.1) is 18.4 Å². The molecule has 1 fully saturated rings. The van der Waals surface area contributed by atoms with E-state index in [1.807, 2.05) is 24.3 Å². The highest BCUT2D eigenvalue weighted by Gasteiger charge is 2.17. The van der Waals surface area contributed by atoms with Crippen molar-refractivity contribution in [2.75, 3.05) is 19.7 Å². The van der Waals surface area contributed by atoms with Crippen molar-refractivity contribution in [3.8, 4) is 11.6 Å². The largest absolute Gasteiger partial charge is 0.438 e. The molecule has 1 aliphatic carbocycles. The van der Waals surface area contributed by atoms with Crippen LogP contribution in [0, 0.1) is 0 Å². The standard InChI is InChI=1S/C17H19N3O2/c1-4-13(16-11-18-7-8-21-16)9-14(5-1)22-17-10-12-3-2-6-15(12)19-20-17/h1,4-5,9-10,16,18H,2-3,6-8,11H2/t16-/m0/s1. The average molecular weight is 297 g/mol. The molecule has 5 nitrogen and oxygen atoms in total. The van der Waals surface area contributed by atoms with Gasteiger partial charge in [0.2, 0.25) is 5.88 Å². The number of hydrogen-bond acceptors (Lipinski definition) is 5. The van der Waals surface area contributed by atoms with Crippen molar-refractivity contribution in [3.63, 3.8) is 0 Å². The van der Waals surface area contributed by atoms with Gasteiger partial charge in [-0.15, -0.1) is 5.10 Å². The summed E-state index contributed by atoms with van der Waals surface area (Å²) < 4.78 is 11.7. The van der Waals surface area contributed by atoms with E-state index in [4.69, 9.17) is 9.47 Å². The molecule has 1 N–H and O–H groups in total. The third-order valence-electron chi connectivity index (χ3n) is 4.18. The van der Waals surface area contributed by atoms with Crippen LogP contribution in [0.2, 0.25) is 0 Å². The molecule has 114 valence electrons. The molecule has 1 aromatic heterocycles. The van der Waals surface area contributed by atoms with E-state index in [9.17, 15) is 0 Å². The Kier molecular flexibility index (Phi) is 3.74. The van der Waals surface area contributed by atoms with Crippen molar-refractivity contribution in [2.45, 2.75) is 25.4 Å². The van der Waals surface area contributed by atoms with E-state index >= 15 is 0 Å². The summed E-state index contributed by atoms with van der Waals surface area (Å²) in [5, 5.41) is 11.8. The quantitative estimate of drug-likeness (QED) is 0.943. The Balaban J connectivity index is 1.53. The predicted molar refractivity (Wildman–Crippen MR) is 82.1 cm³/mol. The van der Waals surface area contributed by atoms with Crippen molar-refractivity contribution in [1.29, 1.82) is 0 Å². The van der Waals surface area contributed by atoms with Crippen LogP contribution in [-0.2, 0) is 17.6 Å². The second-order valence-electron chi connectivity index (χ2n) is 5.75. The van der Waals surface area contributed by atoms with Crippen molar-refractivity contribution >= 4 is 0 Å². The normalized spacial score (nSPS) is 20.6. The number of fused-ring (bicyclic) bond motifs is 1. The molecule has 1 aromatic carbocycles. The zero-order valence-corrected chi connectivity index (χ0v) is 12.4. The monoisotopic (exact) mass is 297 g/mol. The van der Waals surface area contributed by atoms with Gasteiger partial charge in [0.25, 0.3) is 0 Å². The van der Waals surface area contributed by atoms with Gasteiger partial charge in [0.15, 0.2) is 0 Å². The molecular formula is C17H19N3O2. The number of aryl methyl sites for hydroxylation is 2. The second kappa shape index (κ2) is 6.02. The fourth-order valence-electron chi connectivity index (χ4n) is 3.04. The number of aromatic nitrogens is 2. The van der Waals surface area contributed by atoms with Crippen LogP contribution in [0.25, 0.3) is 0 Å². The SMILES string of the molecule is c1cc(Oc2cc3c(nn2)CCC3)cc([C@@H]2CNCCO2)c1. The van der Waals surface area contributed by atoms with Crippen LogP contribution >= 0.6 is 0 Å². The first-order chi connectivity index (χ1) is 10.9. The van der Waals surface area contributed by atoms with Gasteiger partial charge in [-0.3, -0.25) is 0 Å². The molecule has 0 amide bonds. The van der Waals surface area contributed by atoms with Crippen LogP contribution in [0.4, 0.5) is 0 Å². The highest BCUT2D eigenvalue weighted by Crippen LogP contribution is 2.28. The van der Waals surface area contributed by atoms with Gasteiger partial charge >= 0.3 is 0 Å². The molecule has 0 unspecified atom stereocenters. The summed E-state index contributed by atoms with van der Waals surface area (Å²) in [5.74, 6) is 1.35. The maximum absolute atomic E-state index is 5.89. The number of nitrogens with one attached hydrogen (secondary N) is 1. The number of benzene rings is 1. The molecule has 2 aliphatic rings. The molecule has 2 heterocycles. The van der Waals surface area contributed by atoms with Crippen LogP contribution in [0.1, 0.15) is 29.3 Å². The average Bonchev–Trinajstić information content (AvgIpc) is 3.04. The fourth-order valence-corrected chi connectivity index (χ4v) is 3.04. The van der Waals surface area contributed by atoms with Gasteiger partial charge in [-0.05, 0) is 42.5 Å². The molecule has 4 rings (SSSR count). The summed E-state index contributed by atoms with van der Waals surface area (Å²) in [4.78, 5) is 0. The lowest BCUT2D eigenvalue weighted by Gasteiger charge is -2.24. The van der Waals surface area contributed by atoms with Gasteiger partial charge in [-0.1, -0.05) is 12.1 Å². The second-order valence-corrected chi connectivity index (χ2v) is 5.75. The first kappa shape index (κ1) is 13.7. The molecule has 0 radical (unpaired) electrons. The first-order valence-electron chi connectivity index (χ1n) is 7.84. The number of nitrogens with zero attached hydrogens (tertiary/aromatic N) is 2. The van der Waals surface area contributed by atoms with E-state index in [-0.39, 0.29) is 6.10 Å². The molecule has 1 aliphatic heterocycles. The van der Waals surface area contributed by atoms with Crippen molar-refractivity contribution in [3.05, 3.63) is 47.2 Å². The summed E-state index contributed by atoms with van der Waals surface area (Å²) >= 11 is 0. The highest BCUT2D eigenvalue weighted by atomic mass is 16.5. The van der Waals surface area contributed by atoms with E-state index in [0.717, 1.165) is 56.0 Å². The summed E-state index contributed by atoms with van der Waals surface area (Å²) in [6.45, 7) is 2.49. The number of hydrogen-bond donors (Lipinski definition) is 1. The molecule has 1 atom stereocenters. The Morgan fingerprint density at radius 3 is 3.09 bits per heavy atom. The van der Waals surface area contributed by atoms with E-state index in [0.29, 0.717) is 5.88 Å². The Morgan fingerprint density at radius 1 is 1.18 bits per heavy atom. The first-order valence-corrected chi connectivity index (χ1v) is 7.84. The lowest BCUT2D eigenvalue weighted by molar-refractivity contribution is 0.0276. The van der Waals surface area contributed by atoms with Crippen LogP contribution in [0.3, 0.4) is 0 Å². The van der Waals surface area contributed by atoms with Crippen LogP contribution in [-0.4, -0.2) is 29.9 Å². The van der Waals surface area contributed by atoms with E-state index in [1.54, 1.807) is 0 Å². The number of morpholine rings is 1. The Hall–Kier alpha value is -1.98. The molecule has 0 spiro atoms. The van der Waals surface area contributed by atoms with Gasteiger partial charge in [0, 0.05) is 19.2 Å². The summed E-state index contributed by atoms with van der Waals surface area (Å²) in [5.41, 5.74) is 3.50. The van der Waals surface area contributed by atoms with E-state index in [2.05, 4.69) is 21.6 Å². The summed E-state index contributed by atoms with van der Waals surface area (Å²) in [6, 6.07) is 10.0. The van der Waals surface area contributed by atoms with E-state index in [1.165, 1.54) is 5.56 Å². The number of ether oxygens (including phenoxy) is 2. The Morgan fingerprint density at radius 2 is 2.18 bits per heavy atom. The van der Waals surface area contributed by atoms with Gasteiger partial charge in [-0.25, -0.2) is 0 Å². The minimum Gasteiger partial charge on any atom is -0.438 e. The van der Waals surface area contributed by atoms with Gasteiger partial charge in [0.1, 0.15) is 5.75 Å². The van der Waals surface area contributed by atoms with Crippen molar-refractivity contribution in [2.24, 2.45) is 0 Å². The maximum Gasteiger partial charge on any atom is 0.239 e. The molecule has 1 saturated heterocycles. The third kappa shape index (κ3) is 2.82. The van der Waals surface area contributed by atoms with Crippen LogP contribution < -0.4 is 10.1 Å². The predicted octanol–water partition coefficient (Wildman–Crippen LogP) is 2.42. The fraction of sp³-hybridized carbons (Fsp3) is 0.412. The zero-order chi connectivity index (χ0) is 14.8. The lowest BCUT2D eigenvalue weighted by atomic mass is 10.1. The molecular weight excluding hydrogens is 278 g/mol. The van der Waals surface area contributed by atoms with Gasteiger partial charge in [-0.2, -0.15) is 5.10 Å². The van der Waals surface area contributed by atoms with Crippen LogP contribution in [0.15, 0.2) is 30.3 Å². The van der Waals surface area contributed by atoms with Crippen LogP contribution in [0.5, 0.6) is 11.6 Å². The van der Waals surface area contributed by atoms with E-state index < -0.39 is 0 Å². The zero-order valence-electron chi connectivity index (χ0n) is 12.4. The van der Waals surface area contributed by atoms with Crippen molar-refractivity contribution in [1.82, 2.24) is 15.5 Å². The highest BCUT2D eigenvalue weighted by molar-refractivity contribution is 5.35. The Bertz CT molecular complexity index is 669. The third-order valence-corrected chi connectivity index (χ3v) is 4.18. The summed E-state index contributed by atoms with van der Waals surface area (Å²) in [6.07, 6.45) is 3.35. The summed E-state index contributed by atoms with van der Waals surface area (Å²) in [7, 11) is 0. The maximum atomic E-state index is 5.89. The molecule has 2 aromatic rings. The molecule has 22 heavy (non-hydrogen) atoms. The molecule has 0 bridgehead atoms. The lowest BCUT2D eigenvalue weighted by Crippen LogP contribution is -2.33. The molecule has 5 heteroatoms. The molecule has 0 saturated carbocycles. The topological polar surface area (TPSA) is 56.3 Å². The van der Waals surface area contributed by atoms with Gasteiger partial charge < -0.3 is 14.8 Å². The smallest absolute Gasteiger partial charge is 0.239 e. The number of rotatable bonds is 3. The minimum absolute atomic E-state index is 0.0865.